The average Bonchev–Trinajstić information content (AvgIpc) is 3.39. The number of ether oxygens (including phenoxy) is 2. The van der Waals surface area contributed by atoms with Crippen LogP contribution < -0.4 is 14.8 Å². The Morgan fingerprint density at radius 3 is 2.70 bits per heavy atom. The molecule has 8 nitrogen and oxygen atoms in total. The maximum Gasteiger partial charge on any atom is 0.241 e. The SMILES string of the molecule is COc1ccc(-c2noc(CN3CCC(C(=O)NCCCSCc4ccccc4F)CC3)n2)cc1OC. The molecule has 1 saturated heterocycles. The van der Waals surface area contributed by atoms with Gasteiger partial charge in [-0.2, -0.15) is 16.7 Å². The summed E-state index contributed by atoms with van der Waals surface area (Å²) in [5.41, 5.74) is 1.51. The molecule has 0 atom stereocenters. The minimum atomic E-state index is -0.160. The normalized spacial score (nSPS) is 14.5. The van der Waals surface area contributed by atoms with Crippen LogP contribution in [-0.2, 0) is 17.1 Å². The zero-order valence-corrected chi connectivity index (χ0v) is 22.1. The highest BCUT2D eigenvalue weighted by molar-refractivity contribution is 7.98. The number of nitrogens with one attached hydrogen (secondary N) is 1. The first-order valence-electron chi connectivity index (χ1n) is 12.4. The van der Waals surface area contributed by atoms with Gasteiger partial charge in [0, 0.05) is 23.8 Å². The second kappa shape index (κ2) is 13.4. The summed E-state index contributed by atoms with van der Waals surface area (Å²) in [5.74, 6) is 3.79. The summed E-state index contributed by atoms with van der Waals surface area (Å²) >= 11 is 1.68. The van der Waals surface area contributed by atoms with Crippen LogP contribution in [0, 0.1) is 11.7 Å². The molecule has 1 fully saturated rings. The quantitative estimate of drug-likeness (QED) is 0.343. The van der Waals surface area contributed by atoms with Crippen LogP contribution in [0.25, 0.3) is 11.4 Å². The predicted octanol–water partition coefficient (Wildman–Crippen LogP) is 4.54. The first-order valence-corrected chi connectivity index (χ1v) is 13.6. The number of carbonyl (C=O) groups is 1. The Morgan fingerprint density at radius 1 is 1.16 bits per heavy atom. The molecule has 2 heterocycles. The Hall–Kier alpha value is -3.11. The summed E-state index contributed by atoms with van der Waals surface area (Å²) in [4.78, 5) is 19.3. The molecule has 1 aliphatic heterocycles. The van der Waals surface area contributed by atoms with Gasteiger partial charge in [-0.3, -0.25) is 9.69 Å². The van der Waals surface area contributed by atoms with E-state index < -0.39 is 0 Å². The summed E-state index contributed by atoms with van der Waals surface area (Å²) in [6, 6.07) is 12.3. The van der Waals surface area contributed by atoms with Crippen molar-refractivity contribution in [3.05, 3.63) is 59.7 Å². The molecule has 0 aliphatic carbocycles. The van der Waals surface area contributed by atoms with Crippen LogP contribution in [0.15, 0.2) is 47.0 Å². The van der Waals surface area contributed by atoms with Gasteiger partial charge in [0.05, 0.1) is 20.8 Å². The van der Waals surface area contributed by atoms with Crippen molar-refractivity contribution in [1.82, 2.24) is 20.4 Å². The molecular formula is C27H33FN4O4S. The lowest BCUT2D eigenvalue weighted by atomic mass is 9.96. The number of rotatable bonds is 12. The van der Waals surface area contributed by atoms with Gasteiger partial charge in [0.15, 0.2) is 11.5 Å². The van der Waals surface area contributed by atoms with Crippen molar-refractivity contribution in [2.75, 3.05) is 39.6 Å². The standard InChI is InChI=1S/C27H33FN4O4S/c1-34-23-9-8-20(16-24(23)35-2)26-30-25(36-31-26)17-32-13-10-19(11-14-32)27(33)29-12-5-15-37-18-21-6-3-4-7-22(21)28/h3-4,6-9,16,19H,5,10-15,17-18H2,1-2H3,(H,29,33). The molecule has 1 amide bonds. The number of methoxy groups -OCH3 is 2. The Morgan fingerprint density at radius 2 is 1.95 bits per heavy atom. The van der Waals surface area contributed by atoms with E-state index in [1.165, 1.54) is 6.07 Å². The van der Waals surface area contributed by atoms with Crippen molar-refractivity contribution in [3.8, 4) is 22.9 Å². The highest BCUT2D eigenvalue weighted by Gasteiger charge is 2.26. The molecule has 1 aliphatic rings. The van der Waals surface area contributed by atoms with Crippen molar-refractivity contribution in [2.24, 2.45) is 5.92 Å². The van der Waals surface area contributed by atoms with Crippen LogP contribution in [0.1, 0.15) is 30.7 Å². The number of thioether (sulfide) groups is 1. The van der Waals surface area contributed by atoms with Gasteiger partial charge in [0.25, 0.3) is 0 Å². The Labute approximate surface area is 220 Å². The van der Waals surface area contributed by atoms with Gasteiger partial charge in [-0.1, -0.05) is 23.4 Å². The lowest BCUT2D eigenvalue weighted by Crippen LogP contribution is -2.40. The highest BCUT2D eigenvalue weighted by atomic mass is 32.2. The lowest BCUT2D eigenvalue weighted by molar-refractivity contribution is -0.126. The predicted molar refractivity (Wildman–Crippen MR) is 141 cm³/mol. The van der Waals surface area contributed by atoms with Gasteiger partial charge in [0.2, 0.25) is 17.6 Å². The van der Waals surface area contributed by atoms with Crippen LogP contribution in [0.2, 0.25) is 0 Å². The van der Waals surface area contributed by atoms with Crippen LogP contribution in [0.5, 0.6) is 11.5 Å². The van der Waals surface area contributed by atoms with Crippen molar-refractivity contribution in [1.29, 1.82) is 0 Å². The number of aromatic nitrogens is 2. The van der Waals surface area contributed by atoms with E-state index in [1.807, 2.05) is 30.3 Å². The molecule has 3 aromatic rings. The third kappa shape index (κ3) is 7.45. The largest absolute Gasteiger partial charge is 0.493 e. The van der Waals surface area contributed by atoms with E-state index in [1.54, 1.807) is 32.0 Å². The van der Waals surface area contributed by atoms with Crippen molar-refractivity contribution >= 4 is 17.7 Å². The van der Waals surface area contributed by atoms with Crippen molar-refractivity contribution < 1.29 is 23.2 Å². The monoisotopic (exact) mass is 528 g/mol. The van der Waals surface area contributed by atoms with E-state index in [9.17, 15) is 9.18 Å². The Kier molecular flexibility index (Phi) is 9.78. The van der Waals surface area contributed by atoms with Crippen LogP contribution in [0.4, 0.5) is 4.39 Å². The number of piperidine rings is 1. The van der Waals surface area contributed by atoms with E-state index in [0.717, 1.165) is 49.2 Å². The molecule has 0 unspecified atom stereocenters. The van der Waals surface area contributed by atoms with Gasteiger partial charge < -0.3 is 19.3 Å². The fourth-order valence-corrected chi connectivity index (χ4v) is 5.23. The molecule has 10 heteroatoms. The first-order chi connectivity index (χ1) is 18.1. The Balaban J connectivity index is 1.14. The third-order valence-corrected chi connectivity index (χ3v) is 7.50. The van der Waals surface area contributed by atoms with Gasteiger partial charge in [-0.05, 0) is 67.9 Å². The van der Waals surface area contributed by atoms with Gasteiger partial charge in [-0.25, -0.2) is 4.39 Å². The maximum atomic E-state index is 13.7. The summed E-state index contributed by atoms with van der Waals surface area (Å²) in [5, 5.41) is 7.17. The summed E-state index contributed by atoms with van der Waals surface area (Å²) in [7, 11) is 3.18. The maximum absolute atomic E-state index is 13.7. The van der Waals surface area contributed by atoms with E-state index >= 15 is 0 Å². The molecule has 0 bridgehead atoms. The summed E-state index contributed by atoms with van der Waals surface area (Å²) in [6.07, 6.45) is 2.46. The number of amides is 1. The van der Waals surface area contributed by atoms with Crippen LogP contribution in [-0.4, -0.2) is 60.6 Å². The topological polar surface area (TPSA) is 89.7 Å². The smallest absolute Gasteiger partial charge is 0.241 e. The zero-order valence-electron chi connectivity index (χ0n) is 21.2. The molecule has 4 rings (SSSR count). The highest BCUT2D eigenvalue weighted by Crippen LogP contribution is 2.31. The first kappa shape index (κ1) is 26.9. The number of carbonyl (C=O) groups excluding carboxylic acids is 1. The molecule has 0 spiro atoms. The number of halogens is 1. The number of likely N-dealkylation sites (tertiary alicyclic amines) is 1. The molecule has 0 radical (unpaired) electrons. The minimum Gasteiger partial charge on any atom is -0.493 e. The zero-order chi connectivity index (χ0) is 26.0. The molecule has 198 valence electrons. The molecule has 1 aromatic heterocycles. The van der Waals surface area contributed by atoms with Gasteiger partial charge >= 0.3 is 0 Å². The Bertz CT molecular complexity index is 1170. The average molecular weight is 529 g/mol. The second-order valence-electron chi connectivity index (χ2n) is 8.92. The lowest BCUT2D eigenvalue weighted by Gasteiger charge is -2.30. The number of benzene rings is 2. The molecule has 1 N–H and O–H groups in total. The van der Waals surface area contributed by atoms with Crippen LogP contribution >= 0.6 is 11.8 Å². The summed E-state index contributed by atoms with van der Waals surface area (Å²) < 4.78 is 29.8. The number of nitrogens with zero attached hydrogens (tertiary/aromatic N) is 3. The van der Waals surface area contributed by atoms with Crippen LogP contribution in [0.3, 0.4) is 0 Å². The van der Waals surface area contributed by atoms with E-state index in [0.29, 0.717) is 42.1 Å². The molecule has 0 saturated carbocycles. The second-order valence-corrected chi connectivity index (χ2v) is 10.0. The van der Waals surface area contributed by atoms with E-state index in [2.05, 4.69) is 20.4 Å². The molecule has 37 heavy (non-hydrogen) atoms. The third-order valence-electron chi connectivity index (χ3n) is 6.41. The summed E-state index contributed by atoms with van der Waals surface area (Å²) in [6.45, 7) is 2.79. The van der Waals surface area contributed by atoms with Crippen molar-refractivity contribution in [3.63, 3.8) is 0 Å². The van der Waals surface area contributed by atoms with Gasteiger partial charge in [-0.15, -0.1) is 0 Å². The van der Waals surface area contributed by atoms with E-state index in [4.69, 9.17) is 14.0 Å². The fraction of sp³-hybridized carbons (Fsp3) is 0.444. The van der Waals surface area contributed by atoms with Gasteiger partial charge in [0.1, 0.15) is 5.82 Å². The fourth-order valence-electron chi connectivity index (χ4n) is 4.28. The number of hydrogen-bond donors (Lipinski definition) is 1. The number of hydrogen-bond acceptors (Lipinski definition) is 8. The molecular weight excluding hydrogens is 495 g/mol. The van der Waals surface area contributed by atoms with Crippen molar-refractivity contribution in [2.45, 2.75) is 31.6 Å². The minimum absolute atomic E-state index is 0.0207. The molecule has 2 aromatic carbocycles. The van der Waals surface area contributed by atoms with E-state index in [-0.39, 0.29) is 17.6 Å².